The van der Waals surface area contributed by atoms with Crippen LogP contribution in [-0.2, 0) is 11.2 Å². The first-order valence-electron chi connectivity index (χ1n) is 10.6. The highest BCUT2D eigenvalue weighted by atomic mass is 32.1. The Morgan fingerprint density at radius 3 is 2.64 bits per heavy atom. The normalized spacial score (nSPS) is 14.5. The van der Waals surface area contributed by atoms with E-state index in [1.165, 1.54) is 23.5 Å². The van der Waals surface area contributed by atoms with Gasteiger partial charge in [-0.1, -0.05) is 12.1 Å². The fraction of sp³-hybridized carbons (Fsp3) is 0.261. The number of anilines is 1. The van der Waals surface area contributed by atoms with Gasteiger partial charge in [0.15, 0.2) is 0 Å². The van der Waals surface area contributed by atoms with E-state index >= 15 is 0 Å². The van der Waals surface area contributed by atoms with Crippen molar-refractivity contribution in [1.82, 2.24) is 25.3 Å². The van der Waals surface area contributed by atoms with Crippen LogP contribution >= 0.6 is 11.3 Å². The van der Waals surface area contributed by atoms with E-state index in [1.807, 2.05) is 4.90 Å². The van der Waals surface area contributed by atoms with Gasteiger partial charge in [0, 0.05) is 30.1 Å². The zero-order chi connectivity index (χ0) is 22.8. The molecular formula is C23H21FN6O2S. The smallest absolute Gasteiger partial charge is 0.275 e. The lowest BCUT2D eigenvalue weighted by molar-refractivity contribution is -0.131. The maximum Gasteiger partial charge on any atom is 0.275 e. The second-order valence-electron chi connectivity index (χ2n) is 8.01. The molecule has 2 N–H and O–H groups in total. The quantitative estimate of drug-likeness (QED) is 0.468. The maximum atomic E-state index is 13.1. The van der Waals surface area contributed by atoms with Crippen molar-refractivity contribution in [2.24, 2.45) is 0 Å². The summed E-state index contributed by atoms with van der Waals surface area (Å²) < 4.78 is 13.1. The van der Waals surface area contributed by atoms with Gasteiger partial charge < -0.3 is 10.2 Å². The number of aromatic nitrogens is 4. The third-order valence-corrected chi connectivity index (χ3v) is 6.80. The third kappa shape index (κ3) is 4.75. The topological polar surface area (TPSA) is 104 Å². The molecule has 1 saturated heterocycles. The van der Waals surface area contributed by atoms with Crippen LogP contribution in [-0.4, -0.2) is 50.2 Å². The fourth-order valence-corrected chi connectivity index (χ4v) is 4.93. The molecule has 0 bridgehead atoms. The monoisotopic (exact) mass is 464 g/mol. The highest BCUT2D eigenvalue weighted by Crippen LogP contribution is 2.31. The molecule has 10 heteroatoms. The largest absolute Gasteiger partial charge is 0.342 e. The molecule has 4 aromatic rings. The van der Waals surface area contributed by atoms with Gasteiger partial charge in [-0.15, -0.1) is 11.3 Å². The number of carbonyl (C=O) groups is 2. The summed E-state index contributed by atoms with van der Waals surface area (Å²) in [7, 11) is 0. The van der Waals surface area contributed by atoms with Crippen molar-refractivity contribution in [3.63, 3.8) is 0 Å². The number of hydrogen-bond acceptors (Lipinski definition) is 6. The number of aromatic amines is 1. The summed E-state index contributed by atoms with van der Waals surface area (Å²) in [5.74, 6) is -0.312. The predicted octanol–water partition coefficient (Wildman–Crippen LogP) is 3.75. The highest BCUT2D eigenvalue weighted by Gasteiger charge is 2.26. The zero-order valence-electron chi connectivity index (χ0n) is 17.6. The Bertz CT molecular complexity index is 1290. The van der Waals surface area contributed by atoms with Crippen molar-refractivity contribution < 1.29 is 14.0 Å². The summed E-state index contributed by atoms with van der Waals surface area (Å²) in [4.78, 5) is 31.6. The molecule has 1 aliphatic rings. The second-order valence-corrected chi connectivity index (χ2v) is 8.90. The number of piperidine rings is 1. The first-order chi connectivity index (χ1) is 16.0. The van der Waals surface area contributed by atoms with Crippen LogP contribution in [0.3, 0.4) is 0 Å². The first kappa shape index (κ1) is 21.2. The number of nitrogens with one attached hydrogen (secondary N) is 2. The van der Waals surface area contributed by atoms with E-state index in [1.54, 1.807) is 35.7 Å². The summed E-state index contributed by atoms with van der Waals surface area (Å²) in [6.07, 6.45) is 1.87. The molecule has 3 heterocycles. The van der Waals surface area contributed by atoms with Gasteiger partial charge >= 0.3 is 0 Å². The number of halogens is 1. The number of nitrogens with zero attached hydrogens (tertiary/aromatic N) is 4. The number of thiazole rings is 1. The van der Waals surface area contributed by atoms with Crippen LogP contribution < -0.4 is 5.32 Å². The van der Waals surface area contributed by atoms with Crippen LogP contribution in [0.1, 0.15) is 39.8 Å². The second kappa shape index (κ2) is 9.07. The van der Waals surface area contributed by atoms with Gasteiger partial charge in [0.1, 0.15) is 22.5 Å². The Kier molecular flexibility index (Phi) is 5.82. The molecule has 168 valence electrons. The number of likely N-dealkylation sites (tertiary alicyclic amines) is 1. The van der Waals surface area contributed by atoms with Crippen LogP contribution in [0.15, 0.2) is 47.8 Å². The predicted molar refractivity (Wildman–Crippen MR) is 123 cm³/mol. The molecule has 0 saturated carbocycles. The average molecular weight is 465 g/mol. The number of rotatable bonds is 5. The summed E-state index contributed by atoms with van der Waals surface area (Å²) in [5, 5.41) is 16.1. The number of amides is 2. The van der Waals surface area contributed by atoms with Gasteiger partial charge in [0.25, 0.3) is 5.91 Å². The lowest BCUT2D eigenvalue weighted by atomic mass is 9.97. The SMILES string of the molecule is O=C(Nc1ccc2n[nH]nc2c1)c1csc(C2CCN(C(=O)Cc3ccc(F)cc3)CC2)n1. The average Bonchev–Trinajstić information content (AvgIpc) is 3.50. The summed E-state index contributed by atoms with van der Waals surface area (Å²) >= 11 is 1.47. The number of fused-ring (bicyclic) bond motifs is 1. The molecule has 0 atom stereocenters. The molecule has 0 radical (unpaired) electrons. The van der Waals surface area contributed by atoms with Gasteiger partial charge in [-0.25, -0.2) is 9.37 Å². The van der Waals surface area contributed by atoms with E-state index < -0.39 is 0 Å². The van der Waals surface area contributed by atoms with Crippen molar-refractivity contribution >= 4 is 39.9 Å². The highest BCUT2D eigenvalue weighted by molar-refractivity contribution is 7.10. The van der Waals surface area contributed by atoms with E-state index in [0.29, 0.717) is 30.0 Å². The Labute approximate surface area is 192 Å². The van der Waals surface area contributed by atoms with Crippen molar-refractivity contribution in [2.75, 3.05) is 18.4 Å². The molecule has 2 aromatic heterocycles. The molecule has 5 rings (SSSR count). The molecule has 2 aromatic carbocycles. The van der Waals surface area contributed by atoms with Crippen molar-refractivity contribution in [1.29, 1.82) is 0 Å². The van der Waals surface area contributed by atoms with Crippen LogP contribution in [0.25, 0.3) is 11.0 Å². The van der Waals surface area contributed by atoms with Crippen molar-refractivity contribution in [3.8, 4) is 0 Å². The van der Waals surface area contributed by atoms with E-state index in [4.69, 9.17) is 0 Å². The zero-order valence-corrected chi connectivity index (χ0v) is 18.4. The minimum atomic E-state index is -0.306. The van der Waals surface area contributed by atoms with Crippen molar-refractivity contribution in [3.05, 3.63) is 69.9 Å². The minimum absolute atomic E-state index is 0.0448. The van der Waals surface area contributed by atoms with E-state index in [0.717, 1.165) is 28.9 Å². The molecular weight excluding hydrogens is 443 g/mol. The van der Waals surface area contributed by atoms with Crippen LogP contribution in [0.2, 0.25) is 0 Å². The van der Waals surface area contributed by atoms with Gasteiger partial charge in [-0.3, -0.25) is 9.59 Å². The molecule has 0 aliphatic carbocycles. The number of H-pyrrole nitrogens is 1. The Morgan fingerprint density at radius 1 is 1.09 bits per heavy atom. The van der Waals surface area contributed by atoms with Gasteiger partial charge in [-0.05, 0) is 48.7 Å². The summed E-state index contributed by atoms with van der Waals surface area (Å²) in [6.45, 7) is 1.28. The molecule has 1 aliphatic heterocycles. The third-order valence-electron chi connectivity index (χ3n) is 5.79. The standard InChI is InChI=1S/C23H21FN6O2S/c24-16-3-1-14(2-4-16)11-21(31)30-9-7-15(8-10-30)23-26-20(13-33-23)22(32)25-17-5-6-18-19(12-17)28-29-27-18/h1-6,12-13,15H,7-11H2,(H,25,32)(H,27,28,29). The summed E-state index contributed by atoms with van der Waals surface area (Å²) in [6, 6.07) is 11.3. The van der Waals surface area contributed by atoms with Crippen LogP contribution in [0, 0.1) is 5.82 Å². The van der Waals surface area contributed by atoms with E-state index in [-0.39, 0.29) is 30.0 Å². The lowest BCUT2D eigenvalue weighted by Gasteiger charge is -2.31. The van der Waals surface area contributed by atoms with Crippen LogP contribution in [0.5, 0.6) is 0 Å². The molecule has 1 fully saturated rings. The molecule has 8 nitrogen and oxygen atoms in total. The molecule has 0 unspecified atom stereocenters. The van der Waals surface area contributed by atoms with Crippen molar-refractivity contribution in [2.45, 2.75) is 25.2 Å². The Hall–Kier alpha value is -3.66. The Balaban J connectivity index is 1.16. The number of carbonyl (C=O) groups excluding carboxylic acids is 2. The number of hydrogen-bond donors (Lipinski definition) is 2. The number of benzene rings is 2. The molecule has 0 spiro atoms. The van der Waals surface area contributed by atoms with Gasteiger partial charge in [-0.2, -0.15) is 15.4 Å². The Morgan fingerprint density at radius 2 is 1.85 bits per heavy atom. The minimum Gasteiger partial charge on any atom is -0.342 e. The lowest BCUT2D eigenvalue weighted by Crippen LogP contribution is -2.38. The first-order valence-corrected chi connectivity index (χ1v) is 11.5. The summed E-state index contributed by atoms with van der Waals surface area (Å²) in [5.41, 5.74) is 3.22. The molecule has 33 heavy (non-hydrogen) atoms. The maximum absolute atomic E-state index is 13.1. The van der Waals surface area contributed by atoms with Crippen LogP contribution in [0.4, 0.5) is 10.1 Å². The molecule has 2 amide bonds. The van der Waals surface area contributed by atoms with E-state index in [9.17, 15) is 14.0 Å². The van der Waals surface area contributed by atoms with Gasteiger partial charge in [0.2, 0.25) is 5.91 Å². The van der Waals surface area contributed by atoms with E-state index in [2.05, 4.69) is 25.7 Å². The fourth-order valence-electron chi connectivity index (χ4n) is 3.96. The van der Waals surface area contributed by atoms with Gasteiger partial charge in [0.05, 0.1) is 11.4 Å².